The van der Waals surface area contributed by atoms with E-state index in [4.69, 9.17) is 29.9 Å². The lowest BCUT2D eigenvalue weighted by Crippen LogP contribution is -2.11. The molecule has 0 bridgehead atoms. The Morgan fingerprint density at radius 2 is 0.656 bits per heavy atom. The van der Waals surface area contributed by atoms with Crippen molar-refractivity contribution in [2.75, 3.05) is 0 Å². The Hall–Kier alpha value is -11.9. The van der Waals surface area contributed by atoms with Crippen molar-refractivity contribution < 1.29 is 26.3 Å². The zero-order valence-corrected chi connectivity index (χ0v) is 47.1. The van der Waals surface area contributed by atoms with Crippen LogP contribution in [-0.2, 0) is 12.4 Å². The first-order valence-electron chi connectivity index (χ1n) is 28.6. The van der Waals surface area contributed by atoms with Gasteiger partial charge in [0.15, 0.2) is 34.9 Å². The number of rotatable bonds is 10. The third-order valence-corrected chi connectivity index (χ3v) is 16.1. The van der Waals surface area contributed by atoms with Crippen molar-refractivity contribution in [3.8, 4) is 108 Å². The van der Waals surface area contributed by atoms with Crippen LogP contribution in [-0.4, -0.2) is 39.0 Å². The molecule has 0 saturated heterocycles. The second-order valence-electron chi connectivity index (χ2n) is 21.6. The lowest BCUT2D eigenvalue weighted by molar-refractivity contribution is -0.143. The summed E-state index contributed by atoms with van der Waals surface area (Å²) < 4.78 is 92.3. The molecule has 15 rings (SSSR count). The summed E-state index contributed by atoms with van der Waals surface area (Å²) in [6.45, 7) is 0. The molecule has 0 radical (unpaired) electrons. The van der Waals surface area contributed by atoms with Gasteiger partial charge in [-0.2, -0.15) is 31.6 Å². The maximum Gasteiger partial charge on any atom is 0.416 e. The zero-order valence-electron chi connectivity index (χ0n) is 47.1. The minimum Gasteiger partial charge on any atom is -0.309 e. The predicted octanol–water partition coefficient (Wildman–Crippen LogP) is 19.5. The fourth-order valence-corrected chi connectivity index (χ4v) is 12.0. The lowest BCUT2D eigenvalue weighted by Gasteiger charge is -2.21. The maximum absolute atomic E-state index is 14.7. The molecule has 4 aromatic heterocycles. The molecule has 0 unspecified atom stereocenters. The van der Waals surface area contributed by atoms with E-state index < -0.39 is 23.5 Å². The van der Waals surface area contributed by atoms with Gasteiger partial charge >= 0.3 is 12.4 Å². The van der Waals surface area contributed by atoms with E-state index in [9.17, 15) is 31.6 Å². The van der Waals surface area contributed by atoms with E-state index in [1.807, 2.05) is 221 Å². The largest absolute Gasteiger partial charge is 0.416 e. The Morgan fingerprint density at radius 3 is 1.07 bits per heavy atom. The fourth-order valence-electron chi connectivity index (χ4n) is 12.0. The Labute approximate surface area is 509 Å². The molecule has 15 aromatic rings. The zero-order chi connectivity index (χ0) is 61.3. The van der Waals surface area contributed by atoms with Crippen molar-refractivity contribution in [3.63, 3.8) is 0 Å². The van der Waals surface area contributed by atoms with Gasteiger partial charge in [-0.25, -0.2) is 29.9 Å². The number of hydrogen-bond acceptors (Lipinski definition) is 7. The average molecular weight is 1180 g/mol. The van der Waals surface area contributed by atoms with E-state index in [1.165, 1.54) is 6.07 Å². The van der Waals surface area contributed by atoms with Crippen LogP contribution in [0.1, 0.15) is 16.7 Å². The number of hydrogen-bond donors (Lipinski definition) is 0. The Morgan fingerprint density at radius 1 is 0.289 bits per heavy atom. The molecule has 430 valence electrons. The summed E-state index contributed by atoms with van der Waals surface area (Å²) in [6.07, 6.45) is -10.2. The Bertz CT molecular complexity index is 5200. The summed E-state index contributed by atoms with van der Waals surface area (Å²) in [7, 11) is 0. The standard InChI is InChI=1S/C75H43F6N9/c76-74(77,78)54-38-53(39-55(43-54)75(79,80)81)49-32-35-65(89-61-29-15-13-27-56(61)58-41-50(33-36-63(58)89)72-85-68(45-18-5-1-6-19-45)83-69(86-72)46-20-7-2-8-21-46)60(40-49)67-52(44-82)26-17-31-66(67)90-62-30-16-14-28-57(62)59-42-51(34-37-64(59)90)73-87-70(47-22-9-3-10-23-47)84-71(88-73)48-24-11-4-12-25-48/h1-43H. The van der Waals surface area contributed by atoms with Gasteiger partial charge in [0.05, 0.1) is 56.2 Å². The molecular weight excluding hydrogens is 1140 g/mol. The summed E-state index contributed by atoms with van der Waals surface area (Å²) in [6, 6.07) is 79.9. The normalized spacial score (nSPS) is 11.9. The number of benzene rings is 11. The number of para-hydroxylation sites is 2. The molecule has 0 aliphatic rings. The number of nitriles is 1. The Kier molecular flexibility index (Phi) is 13.3. The average Bonchev–Trinajstić information content (AvgIpc) is 1.59. The van der Waals surface area contributed by atoms with Crippen LogP contribution < -0.4 is 0 Å². The van der Waals surface area contributed by atoms with Crippen LogP contribution in [0.15, 0.2) is 261 Å². The van der Waals surface area contributed by atoms with Gasteiger partial charge in [-0.15, -0.1) is 0 Å². The van der Waals surface area contributed by atoms with Crippen LogP contribution in [0.2, 0.25) is 0 Å². The van der Waals surface area contributed by atoms with Crippen molar-refractivity contribution in [2.24, 2.45) is 0 Å². The van der Waals surface area contributed by atoms with Crippen LogP contribution in [0.25, 0.3) is 146 Å². The highest BCUT2D eigenvalue weighted by atomic mass is 19.4. The molecule has 0 spiro atoms. The summed E-state index contributed by atoms with van der Waals surface area (Å²) in [4.78, 5) is 29.9. The highest BCUT2D eigenvalue weighted by Crippen LogP contribution is 2.46. The van der Waals surface area contributed by atoms with E-state index >= 15 is 0 Å². The van der Waals surface area contributed by atoms with E-state index in [2.05, 4.69) is 6.07 Å². The second kappa shape index (κ2) is 21.8. The van der Waals surface area contributed by atoms with Gasteiger partial charge in [0.2, 0.25) is 0 Å². The number of halogens is 6. The molecule has 0 fully saturated rings. The van der Waals surface area contributed by atoms with Crippen LogP contribution >= 0.6 is 0 Å². The van der Waals surface area contributed by atoms with Gasteiger partial charge < -0.3 is 9.13 Å². The smallest absolute Gasteiger partial charge is 0.309 e. The van der Waals surface area contributed by atoms with Gasteiger partial charge in [0, 0.05) is 66.1 Å². The van der Waals surface area contributed by atoms with E-state index in [1.54, 1.807) is 24.3 Å². The van der Waals surface area contributed by atoms with Crippen molar-refractivity contribution in [2.45, 2.75) is 12.4 Å². The fraction of sp³-hybridized carbons (Fsp3) is 0.0267. The summed E-state index contributed by atoms with van der Waals surface area (Å²) in [5.74, 6) is 2.77. The Balaban J connectivity index is 0.970. The van der Waals surface area contributed by atoms with Gasteiger partial charge in [-0.3, -0.25) is 0 Å². The molecule has 90 heavy (non-hydrogen) atoms. The number of nitrogens with zero attached hydrogens (tertiary/aromatic N) is 9. The van der Waals surface area contributed by atoms with Crippen LogP contribution in [0, 0.1) is 11.3 Å². The first-order valence-corrected chi connectivity index (χ1v) is 28.6. The molecule has 0 saturated carbocycles. The number of alkyl halides is 6. The van der Waals surface area contributed by atoms with E-state index in [-0.39, 0.29) is 22.8 Å². The maximum atomic E-state index is 14.7. The third kappa shape index (κ3) is 9.82. The first-order chi connectivity index (χ1) is 43.8. The third-order valence-electron chi connectivity index (χ3n) is 16.1. The SMILES string of the molecule is N#Cc1cccc(-n2c3ccccc3c3cc(-c4nc(-c5ccccc5)nc(-c5ccccc5)n4)ccc32)c1-c1cc(-c2cc(C(F)(F)F)cc(C(F)(F)F)c2)ccc1-n1c2ccccc2c2cc(-c3nc(-c4ccccc4)nc(-c4ccccc4)n3)ccc21. The second-order valence-corrected chi connectivity index (χ2v) is 21.6. The van der Waals surface area contributed by atoms with Gasteiger partial charge in [0.1, 0.15) is 0 Å². The topological polar surface area (TPSA) is 111 Å². The molecule has 0 aliphatic carbocycles. The lowest BCUT2D eigenvalue weighted by atomic mass is 9.91. The number of aromatic nitrogens is 8. The minimum absolute atomic E-state index is 0.0410. The summed E-state index contributed by atoms with van der Waals surface area (Å²) >= 11 is 0. The van der Waals surface area contributed by atoms with E-state index in [0.29, 0.717) is 79.6 Å². The highest BCUT2D eigenvalue weighted by molar-refractivity contribution is 6.13. The van der Waals surface area contributed by atoms with Crippen LogP contribution in [0.3, 0.4) is 0 Å². The summed E-state index contributed by atoms with van der Waals surface area (Å²) in [5, 5.41) is 14.6. The van der Waals surface area contributed by atoms with Crippen molar-refractivity contribution in [1.29, 1.82) is 5.26 Å². The molecular formula is C75H43F6N9. The quantitative estimate of drug-likeness (QED) is 0.125. The molecule has 0 atom stereocenters. The monoisotopic (exact) mass is 1180 g/mol. The summed E-state index contributed by atoms with van der Waals surface area (Å²) in [5.41, 5.74) is 6.08. The molecule has 0 amide bonds. The first kappa shape index (κ1) is 54.7. The van der Waals surface area contributed by atoms with E-state index in [0.717, 1.165) is 67.0 Å². The highest BCUT2D eigenvalue weighted by Gasteiger charge is 2.37. The van der Waals surface area contributed by atoms with Crippen molar-refractivity contribution >= 4 is 43.6 Å². The van der Waals surface area contributed by atoms with Crippen LogP contribution in [0.5, 0.6) is 0 Å². The molecule has 9 nitrogen and oxygen atoms in total. The molecule has 0 N–H and O–H groups in total. The molecule has 4 heterocycles. The number of fused-ring (bicyclic) bond motifs is 6. The van der Waals surface area contributed by atoms with Gasteiger partial charge in [-0.05, 0) is 102 Å². The predicted molar refractivity (Wildman–Crippen MR) is 340 cm³/mol. The van der Waals surface area contributed by atoms with Crippen molar-refractivity contribution in [3.05, 3.63) is 278 Å². The molecule has 0 aliphatic heterocycles. The van der Waals surface area contributed by atoms with Gasteiger partial charge in [-0.1, -0.05) is 170 Å². The van der Waals surface area contributed by atoms with Gasteiger partial charge in [0.25, 0.3) is 0 Å². The minimum atomic E-state index is -5.12. The molecule has 15 heteroatoms. The van der Waals surface area contributed by atoms with Crippen molar-refractivity contribution in [1.82, 2.24) is 39.0 Å². The van der Waals surface area contributed by atoms with Crippen LogP contribution in [0.4, 0.5) is 26.3 Å². The molecule has 11 aromatic carbocycles.